The molecular formula is C45H29N3O2S. The highest BCUT2D eigenvalue weighted by Gasteiger charge is 2.26. The van der Waals surface area contributed by atoms with Crippen LogP contribution in [0.2, 0.25) is 0 Å². The molecule has 2 atom stereocenters. The number of para-hydroxylation sites is 3. The third-order valence-electron chi connectivity index (χ3n) is 10.2. The van der Waals surface area contributed by atoms with E-state index in [1.165, 1.54) is 20.2 Å². The van der Waals surface area contributed by atoms with Gasteiger partial charge in [0.2, 0.25) is 0 Å². The molecule has 6 heteroatoms. The quantitative estimate of drug-likeness (QED) is 0.195. The van der Waals surface area contributed by atoms with Crippen molar-refractivity contribution in [2.75, 3.05) is 0 Å². The predicted octanol–water partition coefficient (Wildman–Crippen LogP) is 11.9. The summed E-state index contributed by atoms with van der Waals surface area (Å²) in [5.74, 6) is 0.844. The number of hydrogen-bond donors (Lipinski definition) is 2. The largest absolute Gasteiger partial charge is 0.456 e. The molecule has 11 rings (SSSR count). The van der Waals surface area contributed by atoms with Crippen LogP contribution in [0.25, 0.3) is 75.2 Å². The van der Waals surface area contributed by atoms with Gasteiger partial charge in [-0.3, -0.25) is 5.32 Å². The minimum atomic E-state index is -0.268. The van der Waals surface area contributed by atoms with Gasteiger partial charge in [0, 0.05) is 52.8 Å². The van der Waals surface area contributed by atoms with E-state index in [1.807, 2.05) is 35.6 Å². The van der Waals surface area contributed by atoms with Crippen molar-refractivity contribution in [3.63, 3.8) is 0 Å². The van der Waals surface area contributed by atoms with Crippen LogP contribution in [0.4, 0.5) is 0 Å². The van der Waals surface area contributed by atoms with Gasteiger partial charge in [0.15, 0.2) is 0 Å². The zero-order chi connectivity index (χ0) is 33.5. The van der Waals surface area contributed by atoms with Gasteiger partial charge in [-0.05, 0) is 71.3 Å². The third-order valence-corrected chi connectivity index (χ3v) is 11.3. The lowest BCUT2D eigenvalue weighted by Gasteiger charge is -2.32. The number of rotatable bonds is 4. The summed E-state index contributed by atoms with van der Waals surface area (Å²) in [7, 11) is 0. The highest BCUT2D eigenvalue weighted by molar-refractivity contribution is 7.25. The Labute approximate surface area is 296 Å². The zero-order valence-corrected chi connectivity index (χ0v) is 28.1. The van der Waals surface area contributed by atoms with Crippen LogP contribution >= 0.6 is 11.3 Å². The van der Waals surface area contributed by atoms with Gasteiger partial charge in [0.25, 0.3) is 0 Å². The van der Waals surface area contributed by atoms with Gasteiger partial charge >= 0.3 is 0 Å². The first-order chi connectivity index (χ1) is 25.2. The second kappa shape index (κ2) is 11.2. The van der Waals surface area contributed by atoms with Crippen molar-refractivity contribution in [3.8, 4) is 11.1 Å². The molecule has 1 aliphatic rings. The van der Waals surface area contributed by atoms with Crippen LogP contribution in [-0.4, -0.2) is 5.84 Å². The smallest absolute Gasteiger partial charge is 0.143 e. The molecule has 2 N–H and O–H groups in total. The fourth-order valence-electron chi connectivity index (χ4n) is 7.67. The minimum Gasteiger partial charge on any atom is -0.456 e. The van der Waals surface area contributed by atoms with Crippen LogP contribution in [0.3, 0.4) is 0 Å². The summed E-state index contributed by atoms with van der Waals surface area (Å²) in [4.78, 5) is 5.32. The van der Waals surface area contributed by atoms with Gasteiger partial charge < -0.3 is 14.2 Å². The molecule has 242 valence electrons. The van der Waals surface area contributed by atoms with Gasteiger partial charge in [-0.1, -0.05) is 97.1 Å². The second-order valence-corrected chi connectivity index (χ2v) is 14.3. The minimum absolute atomic E-state index is 0.133. The molecule has 3 aromatic heterocycles. The van der Waals surface area contributed by atoms with E-state index in [1.54, 1.807) is 0 Å². The Bertz CT molecular complexity index is 3010. The lowest BCUT2D eigenvalue weighted by molar-refractivity contribution is 0.409. The van der Waals surface area contributed by atoms with Crippen molar-refractivity contribution in [2.45, 2.75) is 12.3 Å². The van der Waals surface area contributed by atoms with Crippen molar-refractivity contribution in [1.29, 1.82) is 0 Å². The third kappa shape index (κ3) is 4.61. The molecule has 0 bridgehead atoms. The molecular weight excluding hydrogens is 647 g/mol. The van der Waals surface area contributed by atoms with Crippen LogP contribution < -0.4 is 10.6 Å². The Balaban J connectivity index is 1.04. The highest BCUT2D eigenvalue weighted by Crippen LogP contribution is 2.41. The molecule has 51 heavy (non-hydrogen) atoms. The van der Waals surface area contributed by atoms with Crippen molar-refractivity contribution in [2.24, 2.45) is 4.99 Å². The van der Waals surface area contributed by atoms with Gasteiger partial charge in [-0.2, -0.15) is 0 Å². The molecule has 0 spiro atoms. The number of aliphatic imine (C=N–C) groups is 1. The van der Waals surface area contributed by atoms with E-state index >= 15 is 0 Å². The number of furan rings is 2. The first-order valence-electron chi connectivity index (χ1n) is 17.2. The zero-order valence-electron chi connectivity index (χ0n) is 27.3. The lowest BCUT2D eigenvalue weighted by Crippen LogP contribution is -2.44. The molecule has 0 saturated carbocycles. The fourth-order valence-corrected chi connectivity index (χ4v) is 8.74. The summed E-state index contributed by atoms with van der Waals surface area (Å²) in [5, 5.41) is 14.4. The second-order valence-electron chi connectivity index (χ2n) is 13.2. The molecule has 0 fully saturated rings. The number of benzene rings is 7. The SMILES string of the molecule is c1ccc(C2NC(c3ccc4oc5ccccc5c4c3)=NC(c3ccc4sc5ccc(-c6cccc7c6oc6ccccc67)cc5c4c3)N2)cc1. The van der Waals surface area contributed by atoms with Crippen molar-refractivity contribution in [1.82, 2.24) is 10.6 Å². The van der Waals surface area contributed by atoms with Crippen molar-refractivity contribution >= 4 is 81.2 Å². The summed E-state index contributed by atoms with van der Waals surface area (Å²) >= 11 is 1.83. The first-order valence-corrected chi connectivity index (χ1v) is 18.0. The average Bonchev–Trinajstić information content (AvgIpc) is 3.88. The normalized spacial score (nSPS) is 16.4. The number of hydrogen-bond acceptors (Lipinski definition) is 6. The molecule has 2 unspecified atom stereocenters. The maximum absolute atomic E-state index is 6.42. The van der Waals surface area contributed by atoms with E-state index in [4.69, 9.17) is 13.8 Å². The number of fused-ring (bicyclic) bond motifs is 9. The van der Waals surface area contributed by atoms with Gasteiger partial charge in [-0.15, -0.1) is 11.3 Å². The van der Waals surface area contributed by atoms with Crippen molar-refractivity contribution < 1.29 is 8.83 Å². The molecule has 0 aliphatic carbocycles. The summed E-state index contributed by atoms with van der Waals surface area (Å²) < 4.78 is 15.1. The van der Waals surface area contributed by atoms with Crippen LogP contribution in [0, 0.1) is 0 Å². The number of thiophene rings is 1. The van der Waals surface area contributed by atoms with E-state index in [9.17, 15) is 0 Å². The van der Waals surface area contributed by atoms with Gasteiger partial charge in [0.1, 0.15) is 40.5 Å². The summed E-state index contributed by atoms with van der Waals surface area (Å²) in [5.41, 5.74) is 9.12. The Morgan fingerprint density at radius 2 is 1.16 bits per heavy atom. The van der Waals surface area contributed by atoms with Crippen molar-refractivity contribution in [3.05, 3.63) is 168 Å². The number of amidine groups is 1. The number of nitrogens with one attached hydrogen (secondary N) is 2. The molecule has 10 aromatic rings. The molecule has 5 nitrogen and oxygen atoms in total. The Hall–Kier alpha value is -6.21. The highest BCUT2D eigenvalue weighted by atomic mass is 32.1. The molecule has 1 aliphatic heterocycles. The summed E-state index contributed by atoms with van der Waals surface area (Å²) in [6.07, 6.45) is -0.401. The number of nitrogens with zero attached hydrogens (tertiary/aromatic N) is 1. The standard InChI is InChI=1S/C45H29N3O2S/c1-2-9-26(10-3-1)43-46-44(28-17-20-39-34(24-28)32-12-5-6-15-37(32)49-39)48-45(47-43)29-19-22-41-36(25-29)35-23-27(18-21-40(35)51-41)30-13-8-14-33-31-11-4-7-16-38(31)50-42(30)33/h1-25,43,45,47H,(H,46,48). The summed E-state index contributed by atoms with van der Waals surface area (Å²) in [6, 6.07) is 53.3. The maximum atomic E-state index is 6.42. The molecule has 0 amide bonds. The summed E-state index contributed by atoms with van der Waals surface area (Å²) in [6.45, 7) is 0. The predicted molar refractivity (Wildman–Crippen MR) is 210 cm³/mol. The van der Waals surface area contributed by atoms with E-state index in [0.717, 1.165) is 77.5 Å². The average molecular weight is 676 g/mol. The first kappa shape index (κ1) is 28.6. The Morgan fingerprint density at radius 1 is 0.490 bits per heavy atom. The lowest BCUT2D eigenvalue weighted by atomic mass is 9.99. The van der Waals surface area contributed by atoms with Crippen LogP contribution in [0.15, 0.2) is 165 Å². The Morgan fingerprint density at radius 3 is 2.02 bits per heavy atom. The van der Waals surface area contributed by atoms with Gasteiger partial charge in [-0.25, -0.2) is 4.99 Å². The van der Waals surface area contributed by atoms with Crippen LogP contribution in [0.1, 0.15) is 29.0 Å². The van der Waals surface area contributed by atoms with E-state index < -0.39 is 0 Å². The molecule has 0 saturated heterocycles. The van der Waals surface area contributed by atoms with Gasteiger partial charge in [0.05, 0.1) is 0 Å². The van der Waals surface area contributed by atoms with E-state index in [-0.39, 0.29) is 12.3 Å². The molecule has 7 aromatic carbocycles. The van der Waals surface area contributed by atoms with E-state index in [2.05, 4.69) is 138 Å². The topological polar surface area (TPSA) is 62.7 Å². The maximum Gasteiger partial charge on any atom is 0.143 e. The monoisotopic (exact) mass is 675 g/mol. The van der Waals surface area contributed by atoms with E-state index in [0.29, 0.717) is 0 Å². The molecule has 0 radical (unpaired) electrons. The molecule has 4 heterocycles. The fraction of sp³-hybridized carbons (Fsp3) is 0.0444. The van der Waals surface area contributed by atoms with Crippen LogP contribution in [-0.2, 0) is 0 Å². The Kier molecular flexibility index (Phi) is 6.26. The van der Waals surface area contributed by atoms with Crippen LogP contribution in [0.5, 0.6) is 0 Å².